The van der Waals surface area contributed by atoms with Crippen LogP contribution in [0, 0.1) is 0 Å². The predicted molar refractivity (Wildman–Crippen MR) is 80.1 cm³/mol. The van der Waals surface area contributed by atoms with Crippen molar-refractivity contribution in [3.05, 3.63) is 64.0 Å². The van der Waals surface area contributed by atoms with Crippen LogP contribution in [0.2, 0.25) is 0 Å². The van der Waals surface area contributed by atoms with E-state index in [0.29, 0.717) is 22.4 Å². The van der Waals surface area contributed by atoms with Gasteiger partial charge in [-0.15, -0.1) is 0 Å². The Kier molecular flexibility index (Phi) is 2.84. The second-order valence-corrected chi connectivity index (χ2v) is 5.07. The first kappa shape index (κ1) is 13.4. The molecule has 114 valence electrons. The van der Waals surface area contributed by atoms with E-state index in [2.05, 4.69) is 0 Å². The van der Waals surface area contributed by atoms with Gasteiger partial charge in [-0.3, -0.25) is 4.79 Å². The minimum Gasteiger partial charge on any atom is -0.508 e. The normalized spacial score (nSPS) is 12.5. The molecule has 0 saturated carbocycles. The van der Waals surface area contributed by atoms with Gasteiger partial charge in [-0.2, -0.15) is 0 Å². The van der Waals surface area contributed by atoms with Crippen LogP contribution < -0.4 is 15.1 Å². The van der Waals surface area contributed by atoms with Crippen molar-refractivity contribution in [3.63, 3.8) is 0 Å². The highest BCUT2D eigenvalue weighted by molar-refractivity contribution is 6.10. The second kappa shape index (κ2) is 4.88. The summed E-state index contributed by atoms with van der Waals surface area (Å²) in [5, 5.41) is 9.96. The molecule has 0 fully saturated rings. The molecule has 2 heterocycles. The lowest BCUT2D eigenvalue weighted by molar-refractivity contribution is 0.103. The van der Waals surface area contributed by atoms with Crippen LogP contribution in [0.4, 0.5) is 0 Å². The average Bonchev–Trinajstić information content (AvgIpc) is 3.01. The van der Waals surface area contributed by atoms with E-state index in [1.165, 1.54) is 24.3 Å². The number of phenols is 1. The zero-order valence-corrected chi connectivity index (χ0v) is 11.7. The average molecular weight is 310 g/mol. The first-order chi connectivity index (χ1) is 11.1. The van der Waals surface area contributed by atoms with Gasteiger partial charge in [0.25, 0.3) is 0 Å². The summed E-state index contributed by atoms with van der Waals surface area (Å²) in [4.78, 5) is 24.6. The predicted octanol–water partition coefficient (Wildman–Crippen LogP) is 2.46. The second-order valence-electron chi connectivity index (χ2n) is 5.07. The van der Waals surface area contributed by atoms with Crippen LogP contribution in [0.15, 0.2) is 51.7 Å². The summed E-state index contributed by atoms with van der Waals surface area (Å²) >= 11 is 0. The van der Waals surface area contributed by atoms with Crippen LogP contribution >= 0.6 is 0 Å². The van der Waals surface area contributed by atoms with E-state index in [9.17, 15) is 14.7 Å². The fraction of sp³-hybridized carbons (Fsp3) is 0.0588. The summed E-state index contributed by atoms with van der Waals surface area (Å²) in [6.45, 7) is 0.106. The number of aromatic hydroxyl groups is 1. The standard InChI is InChI=1S/C17H10O6/c18-11-3-1-9-5-12(17(20)23-14(9)7-11)16(19)10-2-4-13-15(6-10)22-8-21-13/h1-7,18H,8H2. The number of carbonyl (C=O) groups excluding carboxylic acids is 1. The van der Waals surface area contributed by atoms with Crippen LogP contribution in [0.1, 0.15) is 15.9 Å². The molecule has 0 spiro atoms. The Labute approximate surface area is 129 Å². The van der Waals surface area contributed by atoms with Gasteiger partial charge in [-0.25, -0.2) is 4.79 Å². The summed E-state index contributed by atoms with van der Waals surface area (Å²) in [5.74, 6) is 0.538. The lowest BCUT2D eigenvalue weighted by Gasteiger charge is -2.04. The molecule has 0 atom stereocenters. The number of phenolic OH excluding ortho intramolecular Hbond substituents is 1. The third kappa shape index (κ3) is 2.20. The summed E-state index contributed by atoms with van der Waals surface area (Å²) < 4.78 is 15.5. The van der Waals surface area contributed by atoms with Crippen molar-refractivity contribution >= 4 is 16.8 Å². The van der Waals surface area contributed by atoms with Crippen molar-refractivity contribution in [2.24, 2.45) is 0 Å². The van der Waals surface area contributed by atoms with Crippen molar-refractivity contribution in [1.82, 2.24) is 0 Å². The minimum absolute atomic E-state index is 0.0181. The molecule has 1 aromatic heterocycles. The molecule has 3 aromatic rings. The lowest BCUT2D eigenvalue weighted by Crippen LogP contribution is -2.14. The highest BCUT2D eigenvalue weighted by atomic mass is 16.7. The third-order valence-corrected chi connectivity index (χ3v) is 3.60. The van der Waals surface area contributed by atoms with Gasteiger partial charge in [0.2, 0.25) is 12.6 Å². The Morgan fingerprint density at radius 1 is 1.00 bits per heavy atom. The van der Waals surface area contributed by atoms with Crippen LogP contribution in [0.3, 0.4) is 0 Å². The fourth-order valence-corrected chi connectivity index (χ4v) is 2.45. The Bertz CT molecular complexity index is 1000. The summed E-state index contributed by atoms with van der Waals surface area (Å²) in [5.41, 5.74) is -0.315. The van der Waals surface area contributed by atoms with E-state index < -0.39 is 11.4 Å². The maximum Gasteiger partial charge on any atom is 0.347 e. The molecular weight excluding hydrogens is 300 g/mol. The number of benzene rings is 2. The number of ketones is 1. The molecule has 0 radical (unpaired) electrons. The van der Waals surface area contributed by atoms with E-state index in [-0.39, 0.29) is 23.7 Å². The van der Waals surface area contributed by atoms with Gasteiger partial charge in [-0.1, -0.05) is 0 Å². The molecule has 0 saturated heterocycles. The molecule has 1 aliphatic heterocycles. The smallest absolute Gasteiger partial charge is 0.347 e. The number of hydrogen-bond donors (Lipinski definition) is 1. The Balaban J connectivity index is 1.82. The van der Waals surface area contributed by atoms with E-state index >= 15 is 0 Å². The molecule has 1 N–H and O–H groups in total. The Morgan fingerprint density at radius 2 is 1.83 bits per heavy atom. The molecule has 6 nitrogen and oxygen atoms in total. The monoisotopic (exact) mass is 310 g/mol. The largest absolute Gasteiger partial charge is 0.508 e. The van der Waals surface area contributed by atoms with Crippen molar-refractivity contribution in [2.75, 3.05) is 6.79 Å². The maximum absolute atomic E-state index is 12.6. The van der Waals surface area contributed by atoms with Gasteiger partial charge >= 0.3 is 5.63 Å². The molecule has 0 bridgehead atoms. The summed E-state index contributed by atoms with van der Waals surface area (Å²) in [7, 11) is 0. The zero-order chi connectivity index (χ0) is 16.0. The Morgan fingerprint density at radius 3 is 2.70 bits per heavy atom. The number of fused-ring (bicyclic) bond motifs is 2. The topological polar surface area (TPSA) is 86.0 Å². The van der Waals surface area contributed by atoms with Gasteiger partial charge in [0.05, 0.1) is 0 Å². The summed E-state index contributed by atoms with van der Waals surface area (Å²) in [6.07, 6.45) is 0. The van der Waals surface area contributed by atoms with Crippen LogP contribution in [-0.4, -0.2) is 17.7 Å². The first-order valence-electron chi connectivity index (χ1n) is 6.83. The van der Waals surface area contributed by atoms with Crippen LogP contribution in [-0.2, 0) is 0 Å². The fourth-order valence-electron chi connectivity index (χ4n) is 2.45. The molecule has 0 amide bonds. The van der Waals surface area contributed by atoms with E-state index in [1.807, 2.05) is 0 Å². The minimum atomic E-state index is -0.759. The molecule has 0 aliphatic carbocycles. The lowest BCUT2D eigenvalue weighted by atomic mass is 10.0. The first-order valence-corrected chi connectivity index (χ1v) is 6.83. The highest BCUT2D eigenvalue weighted by Gasteiger charge is 2.20. The molecule has 23 heavy (non-hydrogen) atoms. The number of carbonyl (C=O) groups is 1. The SMILES string of the molecule is O=C(c1ccc2c(c1)OCO2)c1cc2ccc(O)cc2oc1=O. The van der Waals surface area contributed by atoms with E-state index in [4.69, 9.17) is 13.9 Å². The number of ether oxygens (including phenoxy) is 2. The molecular formula is C17H10O6. The molecule has 4 rings (SSSR count). The Hall–Kier alpha value is -3.28. The molecule has 0 unspecified atom stereocenters. The quantitative estimate of drug-likeness (QED) is 0.578. The van der Waals surface area contributed by atoms with Crippen molar-refractivity contribution < 1.29 is 23.8 Å². The number of rotatable bonds is 2. The van der Waals surface area contributed by atoms with E-state index in [1.54, 1.807) is 18.2 Å². The maximum atomic E-state index is 12.6. The van der Waals surface area contributed by atoms with Gasteiger partial charge in [-0.05, 0) is 36.4 Å². The van der Waals surface area contributed by atoms with Crippen molar-refractivity contribution in [3.8, 4) is 17.2 Å². The van der Waals surface area contributed by atoms with Crippen molar-refractivity contribution in [2.45, 2.75) is 0 Å². The number of hydrogen-bond acceptors (Lipinski definition) is 6. The molecule has 2 aromatic carbocycles. The molecule has 1 aliphatic rings. The van der Waals surface area contributed by atoms with Crippen LogP contribution in [0.5, 0.6) is 17.2 Å². The highest BCUT2D eigenvalue weighted by Crippen LogP contribution is 2.33. The summed E-state index contributed by atoms with van der Waals surface area (Å²) in [6, 6.07) is 10.5. The van der Waals surface area contributed by atoms with Crippen LogP contribution in [0.25, 0.3) is 11.0 Å². The molecule has 6 heteroatoms. The van der Waals surface area contributed by atoms with Gasteiger partial charge < -0.3 is 19.0 Å². The zero-order valence-electron chi connectivity index (χ0n) is 11.7. The van der Waals surface area contributed by atoms with Crippen molar-refractivity contribution in [1.29, 1.82) is 0 Å². The third-order valence-electron chi connectivity index (χ3n) is 3.60. The van der Waals surface area contributed by atoms with Gasteiger partial charge in [0.15, 0.2) is 11.5 Å². The van der Waals surface area contributed by atoms with Gasteiger partial charge in [0, 0.05) is 17.0 Å². The van der Waals surface area contributed by atoms with E-state index in [0.717, 1.165) is 0 Å². The van der Waals surface area contributed by atoms with Gasteiger partial charge in [0.1, 0.15) is 16.9 Å².